The summed E-state index contributed by atoms with van der Waals surface area (Å²) in [7, 11) is 4.66. The quantitative estimate of drug-likeness (QED) is 0.769. The maximum Gasteiger partial charge on any atom is 0.300 e. The van der Waals surface area contributed by atoms with E-state index in [4.69, 9.17) is 19.9 Å². The molecule has 0 saturated carbocycles. The maximum absolute atomic E-state index is 5.83. The Bertz CT molecular complexity index is 439. The molecule has 0 saturated heterocycles. The highest BCUT2D eigenvalue weighted by atomic mass is 16.7. The zero-order chi connectivity index (χ0) is 11.8. The molecule has 0 amide bonds. The number of hydrogen-bond acceptors (Lipinski definition) is 5. The number of fused-ring (bicyclic) bond motifs is 1. The van der Waals surface area contributed by atoms with E-state index in [2.05, 4.69) is 4.99 Å². The number of benzene rings is 1. The molecule has 2 rings (SSSR count). The molecule has 0 radical (unpaired) electrons. The topological polar surface area (TPSA) is 66.1 Å². The van der Waals surface area contributed by atoms with Gasteiger partial charge in [0.15, 0.2) is 0 Å². The van der Waals surface area contributed by atoms with E-state index < -0.39 is 5.91 Å². The van der Waals surface area contributed by atoms with Gasteiger partial charge in [0.05, 0.1) is 7.11 Å². The lowest BCUT2D eigenvalue weighted by Crippen LogP contribution is -2.26. The van der Waals surface area contributed by atoms with Gasteiger partial charge in [-0.25, -0.2) is 4.99 Å². The molecule has 0 atom stereocenters. The summed E-state index contributed by atoms with van der Waals surface area (Å²) < 4.78 is 15.7. The van der Waals surface area contributed by atoms with Gasteiger partial charge in [0, 0.05) is 25.3 Å². The molecule has 1 aromatic carbocycles. The second-order valence-corrected chi connectivity index (χ2v) is 3.40. The Hall–Kier alpha value is -1.59. The molecule has 86 valence electrons. The summed E-state index contributed by atoms with van der Waals surface area (Å²) >= 11 is 0. The predicted molar refractivity (Wildman–Crippen MR) is 59.4 cm³/mol. The van der Waals surface area contributed by atoms with Gasteiger partial charge in [0.2, 0.25) is 0 Å². The lowest BCUT2D eigenvalue weighted by atomic mass is 10.1. The second kappa shape index (κ2) is 3.77. The molecular formula is C11H14N2O3. The van der Waals surface area contributed by atoms with E-state index in [1.165, 1.54) is 14.2 Å². The van der Waals surface area contributed by atoms with E-state index in [-0.39, 0.29) is 0 Å². The van der Waals surface area contributed by atoms with Crippen LogP contribution in [0.2, 0.25) is 0 Å². The zero-order valence-electron chi connectivity index (χ0n) is 9.48. The Balaban J connectivity index is 2.57. The molecular weight excluding hydrogens is 208 g/mol. The number of hydrogen-bond donors (Lipinski definition) is 1. The molecule has 1 aliphatic rings. The fraction of sp³-hybridized carbons (Fsp3) is 0.364. The molecule has 16 heavy (non-hydrogen) atoms. The lowest BCUT2D eigenvalue weighted by Gasteiger charge is -2.23. The van der Waals surface area contributed by atoms with E-state index in [1.807, 2.05) is 18.2 Å². The lowest BCUT2D eigenvalue weighted by molar-refractivity contribution is -0.206. The van der Waals surface area contributed by atoms with Gasteiger partial charge in [-0.1, -0.05) is 0 Å². The molecule has 0 unspecified atom stereocenters. The van der Waals surface area contributed by atoms with Crippen LogP contribution < -0.4 is 10.5 Å². The molecule has 0 bridgehead atoms. The van der Waals surface area contributed by atoms with Crippen molar-refractivity contribution in [2.75, 3.05) is 21.3 Å². The first-order valence-corrected chi connectivity index (χ1v) is 4.81. The third kappa shape index (κ3) is 1.36. The van der Waals surface area contributed by atoms with Crippen molar-refractivity contribution in [3.63, 3.8) is 0 Å². The fourth-order valence-corrected chi connectivity index (χ4v) is 1.81. The van der Waals surface area contributed by atoms with Crippen molar-refractivity contribution < 1.29 is 14.2 Å². The van der Waals surface area contributed by atoms with Crippen LogP contribution in [-0.4, -0.2) is 27.2 Å². The number of amidine groups is 1. The van der Waals surface area contributed by atoms with Crippen molar-refractivity contribution in [2.24, 2.45) is 10.7 Å². The summed E-state index contributed by atoms with van der Waals surface area (Å²) in [5.74, 6) is -0.0106. The van der Waals surface area contributed by atoms with Crippen molar-refractivity contribution in [1.29, 1.82) is 0 Å². The predicted octanol–water partition coefficient (Wildman–Crippen LogP) is 0.817. The summed E-state index contributed by atoms with van der Waals surface area (Å²) in [6.45, 7) is 0. The van der Waals surface area contributed by atoms with Crippen LogP contribution in [0.1, 0.15) is 11.1 Å². The van der Waals surface area contributed by atoms with Gasteiger partial charge in [-0.15, -0.1) is 0 Å². The van der Waals surface area contributed by atoms with Crippen LogP contribution in [0.15, 0.2) is 23.2 Å². The Kier molecular flexibility index (Phi) is 2.57. The third-order valence-electron chi connectivity index (χ3n) is 2.66. The third-order valence-corrected chi connectivity index (χ3v) is 2.66. The van der Waals surface area contributed by atoms with Crippen molar-refractivity contribution in [3.05, 3.63) is 29.3 Å². The van der Waals surface area contributed by atoms with Gasteiger partial charge < -0.3 is 19.9 Å². The number of rotatable bonds is 3. The van der Waals surface area contributed by atoms with Gasteiger partial charge in [0.25, 0.3) is 5.91 Å². The van der Waals surface area contributed by atoms with Crippen molar-refractivity contribution in [2.45, 2.75) is 5.91 Å². The molecule has 1 aromatic rings. The zero-order valence-corrected chi connectivity index (χ0v) is 9.48. The highest BCUT2D eigenvalue weighted by Crippen LogP contribution is 2.37. The molecule has 1 aliphatic heterocycles. The van der Waals surface area contributed by atoms with E-state index >= 15 is 0 Å². The minimum Gasteiger partial charge on any atom is -0.497 e. The number of nitrogens with two attached hydrogens (primary N) is 1. The molecule has 5 nitrogen and oxygen atoms in total. The highest BCUT2D eigenvalue weighted by molar-refractivity contribution is 6.01. The minimum absolute atomic E-state index is 0.387. The Labute approximate surface area is 93.8 Å². The summed E-state index contributed by atoms with van der Waals surface area (Å²) in [6.07, 6.45) is 0. The van der Waals surface area contributed by atoms with Gasteiger partial charge in [-0.05, 0) is 18.2 Å². The summed E-state index contributed by atoms with van der Waals surface area (Å²) in [5.41, 5.74) is 7.40. The smallest absolute Gasteiger partial charge is 0.300 e. The fourth-order valence-electron chi connectivity index (χ4n) is 1.81. The van der Waals surface area contributed by atoms with Gasteiger partial charge in [-0.2, -0.15) is 0 Å². The standard InChI is InChI=1S/C11H14N2O3/c1-14-7-4-5-9-8(6-7)10(12)13-11(9,15-2)16-3/h4-6H,1-3H3,(H2,12,13). The average Bonchev–Trinajstić information content (AvgIpc) is 2.62. The van der Waals surface area contributed by atoms with Gasteiger partial charge in [-0.3, -0.25) is 0 Å². The first-order valence-electron chi connectivity index (χ1n) is 4.81. The molecule has 0 aromatic heterocycles. The summed E-state index contributed by atoms with van der Waals surface area (Å²) in [6, 6.07) is 5.47. The number of methoxy groups -OCH3 is 3. The van der Waals surface area contributed by atoms with Crippen LogP contribution in [0.5, 0.6) is 5.75 Å². The highest BCUT2D eigenvalue weighted by Gasteiger charge is 2.40. The molecule has 0 aliphatic carbocycles. The Morgan fingerprint density at radius 2 is 1.88 bits per heavy atom. The van der Waals surface area contributed by atoms with E-state index in [1.54, 1.807) is 7.11 Å². The van der Waals surface area contributed by atoms with Crippen molar-refractivity contribution in [1.82, 2.24) is 0 Å². The molecule has 0 spiro atoms. The van der Waals surface area contributed by atoms with Crippen LogP contribution in [0.25, 0.3) is 0 Å². The number of aliphatic imine (C=N–C) groups is 1. The van der Waals surface area contributed by atoms with Crippen LogP contribution in [0.3, 0.4) is 0 Å². The van der Waals surface area contributed by atoms with Crippen molar-refractivity contribution in [3.8, 4) is 5.75 Å². The van der Waals surface area contributed by atoms with E-state index in [0.29, 0.717) is 5.84 Å². The maximum atomic E-state index is 5.83. The summed E-state index contributed by atoms with van der Waals surface area (Å²) in [5, 5.41) is 0. The normalized spacial score (nSPS) is 16.8. The van der Waals surface area contributed by atoms with Crippen LogP contribution in [0.4, 0.5) is 0 Å². The van der Waals surface area contributed by atoms with Crippen LogP contribution in [0, 0.1) is 0 Å². The number of ether oxygens (including phenoxy) is 3. The van der Waals surface area contributed by atoms with Gasteiger partial charge >= 0.3 is 0 Å². The first kappa shape index (κ1) is 10.9. The molecule has 0 fully saturated rings. The first-order chi connectivity index (χ1) is 7.66. The average molecular weight is 222 g/mol. The van der Waals surface area contributed by atoms with E-state index in [0.717, 1.165) is 16.9 Å². The van der Waals surface area contributed by atoms with Crippen LogP contribution in [-0.2, 0) is 15.4 Å². The van der Waals surface area contributed by atoms with Crippen molar-refractivity contribution >= 4 is 5.84 Å². The SMILES string of the molecule is COc1ccc2c(c1)C(N)=NC2(OC)OC. The van der Waals surface area contributed by atoms with E-state index in [9.17, 15) is 0 Å². The Morgan fingerprint density at radius 1 is 1.19 bits per heavy atom. The minimum atomic E-state index is -1.12. The Morgan fingerprint density at radius 3 is 2.44 bits per heavy atom. The van der Waals surface area contributed by atoms with Gasteiger partial charge in [0.1, 0.15) is 11.6 Å². The van der Waals surface area contributed by atoms with Crippen LogP contribution >= 0.6 is 0 Å². The monoisotopic (exact) mass is 222 g/mol. The number of nitrogens with zero attached hydrogens (tertiary/aromatic N) is 1. The largest absolute Gasteiger partial charge is 0.497 e. The molecule has 2 N–H and O–H groups in total. The molecule has 1 heterocycles. The summed E-state index contributed by atoms with van der Waals surface area (Å²) in [4.78, 5) is 4.19. The molecule has 5 heteroatoms. The second-order valence-electron chi connectivity index (χ2n) is 3.40.